The maximum atomic E-state index is 13.5. The summed E-state index contributed by atoms with van der Waals surface area (Å²) in [5.74, 6) is 1.28. The molecule has 0 atom stereocenters. The van der Waals surface area contributed by atoms with E-state index in [4.69, 9.17) is 14.2 Å². The molecule has 4 rings (SSSR count). The van der Waals surface area contributed by atoms with Gasteiger partial charge < -0.3 is 19.5 Å². The highest BCUT2D eigenvalue weighted by atomic mass is 16.5. The quantitative estimate of drug-likeness (QED) is 0.476. The molecular weight excluding hydrogens is 432 g/mol. The number of carbonyl (C=O) groups excluding carboxylic acids is 2. The summed E-state index contributed by atoms with van der Waals surface area (Å²) in [6.45, 7) is 2.57. The van der Waals surface area contributed by atoms with Crippen LogP contribution in [0.4, 0.5) is 5.69 Å². The molecule has 1 aliphatic rings. The fourth-order valence-electron chi connectivity index (χ4n) is 3.75. The van der Waals surface area contributed by atoms with Crippen molar-refractivity contribution < 1.29 is 23.8 Å². The molecule has 0 bridgehead atoms. The number of rotatable bonds is 9. The summed E-state index contributed by atoms with van der Waals surface area (Å²) in [5, 5.41) is 3.17. The van der Waals surface area contributed by atoms with Crippen molar-refractivity contribution >= 4 is 23.1 Å². The molecule has 3 aromatic rings. The van der Waals surface area contributed by atoms with Crippen LogP contribution in [-0.4, -0.2) is 37.5 Å². The first-order valence-corrected chi connectivity index (χ1v) is 10.9. The summed E-state index contributed by atoms with van der Waals surface area (Å²) in [5.41, 5.74) is 2.62. The number of nitrogens with zero attached hydrogens (tertiary/aromatic N) is 1. The largest absolute Gasteiger partial charge is 0.497 e. The summed E-state index contributed by atoms with van der Waals surface area (Å²) in [4.78, 5) is 28.2. The highest BCUT2D eigenvalue weighted by Gasteiger charge is 2.39. The monoisotopic (exact) mass is 458 g/mol. The van der Waals surface area contributed by atoms with Crippen LogP contribution in [0.15, 0.2) is 78.5 Å². The van der Waals surface area contributed by atoms with E-state index in [-0.39, 0.29) is 18.1 Å². The second-order valence-electron chi connectivity index (χ2n) is 7.61. The topological polar surface area (TPSA) is 77.1 Å². The van der Waals surface area contributed by atoms with Crippen molar-refractivity contribution in [1.29, 1.82) is 0 Å². The molecule has 1 aliphatic heterocycles. The van der Waals surface area contributed by atoms with Crippen LogP contribution >= 0.6 is 0 Å². The fourth-order valence-corrected chi connectivity index (χ4v) is 3.75. The van der Waals surface area contributed by atoms with E-state index in [2.05, 4.69) is 5.32 Å². The summed E-state index contributed by atoms with van der Waals surface area (Å²) < 4.78 is 16.0. The van der Waals surface area contributed by atoms with Crippen molar-refractivity contribution in [2.45, 2.75) is 13.5 Å². The normalized spacial score (nSPS) is 13.3. The van der Waals surface area contributed by atoms with Crippen molar-refractivity contribution in [1.82, 2.24) is 4.90 Å². The van der Waals surface area contributed by atoms with E-state index in [9.17, 15) is 9.59 Å². The molecule has 34 heavy (non-hydrogen) atoms. The molecule has 0 aromatic heterocycles. The summed E-state index contributed by atoms with van der Waals surface area (Å²) in [7, 11) is 3.17. The molecule has 7 heteroatoms. The lowest BCUT2D eigenvalue weighted by atomic mass is 10.0. The first-order valence-electron chi connectivity index (χ1n) is 10.9. The van der Waals surface area contributed by atoms with Gasteiger partial charge in [-0.05, 0) is 54.4 Å². The number of hydrogen-bond acceptors (Lipinski definition) is 6. The number of nitrogens with one attached hydrogen (secondary N) is 1. The molecule has 1 heterocycles. The molecule has 0 radical (unpaired) electrons. The van der Waals surface area contributed by atoms with E-state index in [1.54, 1.807) is 56.7 Å². The van der Waals surface area contributed by atoms with Gasteiger partial charge in [-0.25, -0.2) is 0 Å². The van der Waals surface area contributed by atoms with Gasteiger partial charge in [0.2, 0.25) is 0 Å². The minimum atomic E-state index is -0.395. The number of methoxy groups -OCH3 is 2. The van der Waals surface area contributed by atoms with Crippen LogP contribution in [0.5, 0.6) is 17.2 Å². The number of benzene rings is 3. The molecule has 174 valence electrons. The van der Waals surface area contributed by atoms with E-state index < -0.39 is 5.91 Å². The van der Waals surface area contributed by atoms with Crippen LogP contribution in [0, 0.1) is 0 Å². The Morgan fingerprint density at radius 2 is 1.44 bits per heavy atom. The minimum absolute atomic E-state index is 0.144. The molecule has 0 saturated carbocycles. The second kappa shape index (κ2) is 10.1. The van der Waals surface area contributed by atoms with Crippen molar-refractivity contribution in [3.05, 3.63) is 89.6 Å². The van der Waals surface area contributed by atoms with E-state index in [1.165, 1.54) is 4.90 Å². The van der Waals surface area contributed by atoms with Crippen molar-refractivity contribution in [3.8, 4) is 17.2 Å². The van der Waals surface area contributed by atoms with Crippen LogP contribution in [0.1, 0.15) is 18.1 Å². The molecule has 1 N–H and O–H groups in total. The minimum Gasteiger partial charge on any atom is -0.497 e. The summed E-state index contributed by atoms with van der Waals surface area (Å²) in [6.07, 6.45) is 0. The predicted molar refractivity (Wildman–Crippen MR) is 130 cm³/mol. The molecule has 0 fully saturated rings. The number of hydrogen-bond donors (Lipinski definition) is 1. The van der Waals surface area contributed by atoms with Gasteiger partial charge in [0.15, 0.2) is 0 Å². The Labute approximate surface area is 198 Å². The highest BCUT2D eigenvalue weighted by Crippen LogP contribution is 2.33. The Morgan fingerprint density at radius 1 is 0.794 bits per heavy atom. The first-order chi connectivity index (χ1) is 16.5. The zero-order chi connectivity index (χ0) is 24.1. The molecule has 2 amide bonds. The fraction of sp³-hybridized carbons (Fsp3) is 0.185. The van der Waals surface area contributed by atoms with Gasteiger partial charge in [0, 0.05) is 11.8 Å². The number of imide groups is 1. The number of amides is 2. The van der Waals surface area contributed by atoms with Gasteiger partial charge >= 0.3 is 0 Å². The molecule has 0 unspecified atom stereocenters. The highest BCUT2D eigenvalue weighted by molar-refractivity contribution is 6.36. The third-order valence-corrected chi connectivity index (χ3v) is 5.46. The standard InChI is InChI=1S/C27H26N2O5/c1-4-34-23-7-5-6-20(16-23)28-25-24(19-10-14-22(33-3)15-11-19)26(30)29(27(25)31)17-18-8-12-21(32-2)13-9-18/h5-16,28H,4,17H2,1-3H3. The lowest BCUT2D eigenvalue weighted by Crippen LogP contribution is -2.32. The molecule has 3 aromatic carbocycles. The third kappa shape index (κ3) is 4.73. The molecule has 0 spiro atoms. The Balaban J connectivity index is 1.70. The predicted octanol–water partition coefficient (Wildman–Crippen LogP) is 4.49. The van der Waals surface area contributed by atoms with Gasteiger partial charge in [0.25, 0.3) is 11.8 Å². The van der Waals surface area contributed by atoms with E-state index in [0.717, 1.165) is 5.56 Å². The zero-order valence-electron chi connectivity index (χ0n) is 19.3. The van der Waals surface area contributed by atoms with Gasteiger partial charge in [-0.3, -0.25) is 14.5 Å². The lowest BCUT2D eigenvalue weighted by molar-refractivity contribution is -0.137. The average molecular weight is 459 g/mol. The zero-order valence-corrected chi connectivity index (χ0v) is 19.3. The molecule has 0 saturated heterocycles. The van der Waals surface area contributed by atoms with Gasteiger partial charge in [-0.1, -0.05) is 30.3 Å². The number of carbonyl (C=O) groups is 2. The smallest absolute Gasteiger partial charge is 0.278 e. The van der Waals surface area contributed by atoms with E-state index in [0.29, 0.717) is 40.7 Å². The summed E-state index contributed by atoms with van der Waals surface area (Å²) in [6, 6.07) is 21.6. The van der Waals surface area contributed by atoms with Gasteiger partial charge in [-0.2, -0.15) is 0 Å². The Morgan fingerprint density at radius 3 is 2.06 bits per heavy atom. The number of anilines is 1. The SMILES string of the molecule is CCOc1cccc(NC2=C(c3ccc(OC)cc3)C(=O)N(Cc3ccc(OC)cc3)C2=O)c1. The maximum absolute atomic E-state index is 13.5. The van der Waals surface area contributed by atoms with Gasteiger partial charge in [0.1, 0.15) is 22.9 Å². The van der Waals surface area contributed by atoms with Crippen molar-refractivity contribution in [2.75, 3.05) is 26.1 Å². The van der Waals surface area contributed by atoms with Crippen LogP contribution < -0.4 is 19.5 Å². The Bertz CT molecular complexity index is 1220. The van der Waals surface area contributed by atoms with Crippen molar-refractivity contribution in [3.63, 3.8) is 0 Å². The Kier molecular flexibility index (Phi) is 6.82. The number of ether oxygens (including phenoxy) is 3. The maximum Gasteiger partial charge on any atom is 0.278 e. The first kappa shape index (κ1) is 22.9. The summed E-state index contributed by atoms with van der Waals surface area (Å²) >= 11 is 0. The van der Waals surface area contributed by atoms with Crippen LogP contribution in [0.25, 0.3) is 5.57 Å². The Hall–Kier alpha value is -4.26. The van der Waals surface area contributed by atoms with Gasteiger partial charge in [-0.15, -0.1) is 0 Å². The molecule has 7 nitrogen and oxygen atoms in total. The van der Waals surface area contributed by atoms with Gasteiger partial charge in [0.05, 0.1) is 32.9 Å². The third-order valence-electron chi connectivity index (χ3n) is 5.46. The van der Waals surface area contributed by atoms with Crippen LogP contribution in [0.2, 0.25) is 0 Å². The van der Waals surface area contributed by atoms with E-state index in [1.807, 2.05) is 37.3 Å². The molecular formula is C27H26N2O5. The van der Waals surface area contributed by atoms with E-state index >= 15 is 0 Å². The average Bonchev–Trinajstić information content (AvgIpc) is 3.09. The van der Waals surface area contributed by atoms with Crippen LogP contribution in [0.3, 0.4) is 0 Å². The second-order valence-corrected chi connectivity index (χ2v) is 7.61. The lowest BCUT2D eigenvalue weighted by Gasteiger charge is -2.16. The molecule has 0 aliphatic carbocycles. The van der Waals surface area contributed by atoms with Crippen LogP contribution in [-0.2, 0) is 16.1 Å². The van der Waals surface area contributed by atoms with Crippen molar-refractivity contribution in [2.24, 2.45) is 0 Å².